The molecule has 38 heavy (non-hydrogen) atoms. The first-order chi connectivity index (χ1) is 18.2. The van der Waals surface area contributed by atoms with E-state index in [9.17, 15) is 17.8 Å². The number of carboxylic acid groups (broad SMARTS) is 1. The fourth-order valence-corrected chi connectivity index (χ4v) is 5.14. The van der Waals surface area contributed by atoms with E-state index < -0.39 is 16.1 Å². The van der Waals surface area contributed by atoms with Crippen molar-refractivity contribution in [2.75, 3.05) is 18.0 Å². The van der Waals surface area contributed by atoms with E-state index in [1.165, 1.54) is 12.1 Å². The van der Waals surface area contributed by atoms with Gasteiger partial charge in [0.2, 0.25) is 5.52 Å². The van der Waals surface area contributed by atoms with Crippen molar-refractivity contribution in [3.8, 4) is 0 Å². The molecule has 2 aromatic heterocycles. The van der Waals surface area contributed by atoms with E-state index in [0.29, 0.717) is 24.1 Å². The van der Waals surface area contributed by atoms with Gasteiger partial charge in [-0.25, -0.2) is 8.42 Å². The lowest BCUT2D eigenvalue weighted by Gasteiger charge is -2.20. The number of aromatic nitrogens is 1. The molecule has 0 spiro atoms. The van der Waals surface area contributed by atoms with Crippen LogP contribution in [0.25, 0.3) is 34.0 Å². The third-order valence-corrected chi connectivity index (χ3v) is 7.51. The summed E-state index contributed by atoms with van der Waals surface area (Å²) in [5, 5.41) is 10.4. The number of carboxylic acids is 1. The number of aryl methyl sites for hydroxylation is 1. The van der Waals surface area contributed by atoms with E-state index >= 15 is 0 Å². The van der Waals surface area contributed by atoms with Crippen LogP contribution in [0.3, 0.4) is 0 Å². The number of hydrogen-bond acceptors (Lipinski definition) is 6. The monoisotopic (exact) mass is 536 g/mol. The van der Waals surface area contributed by atoms with Crippen molar-refractivity contribution < 1.29 is 31.9 Å². The maximum Gasteiger partial charge on any atom is 0.303 e. The summed E-state index contributed by atoms with van der Waals surface area (Å²) < 4.78 is 43.2. The number of rotatable bonds is 12. The van der Waals surface area contributed by atoms with Crippen LogP contribution in [0.1, 0.15) is 50.9 Å². The van der Waals surface area contributed by atoms with E-state index in [2.05, 4.69) is 24.8 Å². The van der Waals surface area contributed by atoms with Gasteiger partial charge in [0.25, 0.3) is 0 Å². The Balaban J connectivity index is 1.65. The molecule has 0 aliphatic rings. The van der Waals surface area contributed by atoms with Gasteiger partial charge in [-0.3, -0.25) is 4.79 Å². The minimum absolute atomic E-state index is 0.137. The molecule has 0 aliphatic heterocycles. The minimum atomic E-state index is -4.62. The number of anilines is 1. The van der Waals surface area contributed by atoms with E-state index in [1.54, 1.807) is 6.07 Å². The number of aliphatic carboxylic acids is 1. The normalized spacial score (nSPS) is 12.1. The highest BCUT2D eigenvalue weighted by Crippen LogP contribution is 2.27. The Bertz CT molecular complexity index is 1590. The van der Waals surface area contributed by atoms with Crippen molar-refractivity contribution in [1.29, 1.82) is 0 Å². The lowest BCUT2D eigenvalue weighted by Crippen LogP contribution is -2.34. The summed E-state index contributed by atoms with van der Waals surface area (Å²) in [6.45, 7) is 6.67. The standard InChI is InChI=1S/C29H32N2O6S/c1-3-30(4-2)23-11-9-22-18-24(37-28(22)19-23)12-10-21-15-17-31(16-7-5-6-8-29(32)33)27-14-13-25(20-26(21)27)38(34,35)36/h9-15,17-20H,3-8,16H2,1-2H3,(H-,32,33,34,35,36). The maximum absolute atomic E-state index is 11.7. The molecule has 0 saturated heterocycles. The molecule has 2 heterocycles. The number of pyridine rings is 1. The molecule has 4 rings (SSSR count). The number of carbonyl (C=O) groups is 1. The zero-order valence-corrected chi connectivity index (χ0v) is 22.4. The van der Waals surface area contributed by atoms with Gasteiger partial charge in [0.15, 0.2) is 6.20 Å². The van der Waals surface area contributed by atoms with Crippen molar-refractivity contribution in [1.82, 2.24) is 0 Å². The fraction of sp³-hybridized carbons (Fsp3) is 0.310. The van der Waals surface area contributed by atoms with Gasteiger partial charge in [0, 0.05) is 55.2 Å². The molecular weight excluding hydrogens is 504 g/mol. The van der Waals surface area contributed by atoms with Crippen LogP contribution < -0.4 is 9.47 Å². The molecule has 0 aliphatic carbocycles. The molecule has 8 nitrogen and oxygen atoms in total. The lowest BCUT2D eigenvalue weighted by atomic mass is 10.1. The quantitative estimate of drug-likeness (QED) is 0.146. The predicted molar refractivity (Wildman–Crippen MR) is 147 cm³/mol. The SMILES string of the molecule is CCN(CC)c1ccc2cc(/C=C/c3cc[n+](CCCCCC(=O)O)c4ccc(S(=O)(=O)[O-])cc34)oc2c1. The first kappa shape index (κ1) is 27.3. The molecule has 200 valence electrons. The molecule has 4 aromatic rings. The second-order valence-electron chi connectivity index (χ2n) is 9.18. The Kier molecular flexibility index (Phi) is 8.48. The van der Waals surface area contributed by atoms with Crippen LogP contribution >= 0.6 is 0 Å². The van der Waals surface area contributed by atoms with Gasteiger partial charge < -0.3 is 19.0 Å². The fourth-order valence-electron chi connectivity index (χ4n) is 4.65. The molecule has 0 fully saturated rings. The lowest BCUT2D eigenvalue weighted by molar-refractivity contribution is -0.671. The second-order valence-corrected chi connectivity index (χ2v) is 10.6. The third kappa shape index (κ3) is 6.41. The van der Waals surface area contributed by atoms with Crippen molar-refractivity contribution in [2.24, 2.45) is 0 Å². The Morgan fingerprint density at radius 2 is 1.82 bits per heavy atom. The highest BCUT2D eigenvalue weighted by molar-refractivity contribution is 7.85. The molecule has 0 radical (unpaired) electrons. The first-order valence-corrected chi connectivity index (χ1v) is 14.2. The molecule has 0 saturated carbocycles. The average Bonchev–Trinajstić information content (AvgIpc) is 3.30. The first-order valence-electron chi connectivity index (χ1n) is 12.8. The van der Waals surface area contributed by atoms with Gasteiger partial charge in [-0.15, -0.1) is 0 Å². The van der Waals surface area contributed by atoms with Crippen LogP contribution in [0.2, 0.25) is 0 Å². The Morgan fingerprint density at radius 1 is 1.03 bits per heavy atom. The number of benzene rings is 2. The topological polar surface area (TPSA) is 115 Å². The van der Waals surface area contributed by atoms with Gasteiger partial charge in [0.1, 0.15) is 28.0 Å². The molecule has 0 amide bonds. The molecule has 0 bridgehead atoms. The molecule has 0 unspecified atom stereocenters. The summed E-state index contributed by atoms with van der Waals surface area (Å²) >= 11 is 0. The Labute approximate surface area is 222 Å². The van der Waals surface area contributed by atoms with Gasteiger partial charge >= 0.3 is 5.97 Å². The number of nitrogens with zero attached hydrogens (tertiary/aromatic N) is 2. The smallest absolute Gasteiger partial charge is 0.303 e. The van der Waals surface area contributed by atoms with Crippen LogP contribution in [-0.4, -0.2) is 37.1 Å². The third-order valence-electron chi connectivity index (χ3n) is 6.68. The zero-order valence-electron chi connectivity index (χ0n) is 21.6. The largest absolute Gasteiger partial charge is 0.744 e. The van der Waals surface area contributed by atoms with Crippen LogP contribution in [0.4, 0.5) is 5.69 Å². The van der Waals surface area contributed by atoms with Crippen molar-refractivity contribution in [3.05, 3.63) is 66.1 Å². The number of unbranched alkanes of at least 4 members (excludes halogenated alkanes) is 2. The van der Waals surface area contributed by atoms with E-state index in [-0.39, 0.29) is 11.3 Å². The van der Waals surface area contributed by atoms with Crippen LogP contribution in [0, 0.1) is 0 Å². The number of furan rings is 1. The molecular formula is C29H32N2O6S. The zero-order chi connectivity index (χ0) is 27.3. The number of hydrogen-bond donors (Lipinski definition) is 1. The number of fused-ring (bicyclic) bond motifs is 2. The molecule has 2 aromatic carbocycles. The average molecular weight is 537 g/mol. The minimum Gasteiger partial charge on any atom is -0.744 e. The van der Waals surface area contributed by atoms with E-state index in [0.717, 1.165) is 53.7 Å². The van der Waals surface area contributed by atoms with Crippen molar-refractivity contribution in [3.63, 3.8) is 0 Å². The van der Waals surface area contributed by atoms with Crippen molar-refractivity contribution >= 4 is 55.8 Å². The van der Waals surface area contributed by atoms with Gasteiger partial charge in [-0.05, 0) is 68.7 Å². The predicted octanol–water partition coefficient (Wildman–Crippen LogP) is 5.44. The summed E-state index contributed by atoms with van der Waals surface area (Å²) in [4.78, 5) is 12.7. The summed E-state index contributed by atoms with van der Waals surface area (Å²) in [6, 6.07) is 14.3. The van der Waals surface area contributed by atoms with E-state index in [1.807, 2.05) is 47.2 Å². The Morgan fingerprint density at radius 3 is 2.53 bits per heavy atom. The molecule has 9 heteroatoms. The summed E-state index contributed by atoms with van der Waals surface area (Å²) in [5.41, 5.74) is 3.41. The van der Waals surface area contributed by atoms with E-state index in [4.69, 9.17) is 9.52 Å². The molecule has 0 atom stereocenters. The summed E-state index contributed by atoms with van der Waals surface area (Å²) in [7, 11) is -4.62. The maximum atomic E-state index is 11.7. The summed E-state index contributed by atoms with van der Waals surface area (Å²) in [5.74, 6) is -0.146. The van der Waals surface area contributed by atoms with Crippen LogP contribution in [0.15, 0.2) is 64.0 Å². The van der Waals surface area contributed by atoms with Gasteiger partial charge in [-0.1, -0.05) is 6.08 Å². The molecule has 1 N–H and O–H groups in total. The highest BCUT2D eigenvalue weighted by atomic mass is 32.2. The summed E-state index contributed by atoms with van der Waals surface area (Å²) in [6.07, 6.45) is 7.87. The highest BCUT2D eigenvalue weighted by Gasteiger charge is 2.15. The van der Waals surface area contributed by atoms with Crippen molar-refractivity contribution in [2.45, 2.75) is 51.0 Å². The second kappa shape index (κ2) is 11.8. The van der Waals surface area contributed by atoms with Gasteiger partial charge in [-0.2, -0.15) is 4.57 Å². The van der Waals surface area contributed by atoms with Crippen LogP contribution in [0.5, 0.6) is 0 Å². The van der Waals surface area contributed by atoms with Crippen LogP contribution in [-0.2, 0) is 21.5 Å². The van der Waals surface area contributed by atoms with Gasteiger partial charge in [0.05, 0.1) is 10.3 Å². The Hall–Kier alpha value is -3.69.